The highest BCUT2D eigenvalue weighted by atomic mass is 16.5. The van der Waals surface area contributed by atoms with Crippen LogP contribution < -0.4 is 9.64 Å². The summed E-state index contributed by atoms with van der Waals surface area (Å²) in [7, 11) is 0. The SMILES string of the molecule is CCOc1ncccc1C1=CC2CCC(C1)N2C(=O)N1CCCc2ccccc21. The first-order chi connectivity index (χ1) is 14.3. The predicted octanol–water partition coefficient (Wildman–Crippen LogP) is 4.67. The number of aromatic nitrogens is 1. The molecule has 0 spiro atoms. The first-order valence-corrected chi connectivity index (χ1v) is 10.7. The maximum absolute atomic E-state index is 13.6. The third-order valence-electron chi connectivity index (χ3n) is 6.36. The Balaban J connectivity index is 1.43. The number of rotatable bonds is 3. The molecule has 5 rings (SSSR count). The summed E-state index contributed by atoms with van der Waals surface area (Å²) < 4.78 is 5.75. The van der Waals surface area contributed by atoms with Gasteiger partial charge in [-0.1, -0.05) is 24.3 Å². The van der Waals surface area contributed by atoms with Gasteiger partial charge in [-0.05, 0) is 68.4 Å². The molecule has 1 saturated heterocycles. The van der Waals surface area contributed by atoms with E-state index in [2.05, 4.69) is 40.2 Å². The van der Waals surface area contributed by atoms with E-state index in [0.717, 1.165) is 49.9 Å². The number of amides is 2. The first-order valence-electron chi connectivity index (χ1n) is 10.7. The van der Waals surface area contributed by atoms with Crippen LogP contribution in [-0.4, -0.2) is 41.2 Å². The maximum atomic E-state index is 13.6. The van der Waals surface area contributed by atoms with Crippen LogP contribution in [-0.2, 0) is 6.42 Å². The van der Waals surface area contributed by atoms with E-state index in [1.54, 1.807) is 6.20 Å². The lowest BCUT2D eigenvalue weighted by molar-refractivity contribution is 0.186. The van der Waals surface area contributed by atoms with Crippen LogP contribution in [0.5, 0.6) is 5.88 Å². The molecule has 2 aromatic rings. The Morgan fingerprint density at radius 1 is 1.21 bits per heavy atom. The minimum atomic E-state index is 0.153. The fourth-order valence-electron chi connectivity index (χ4n) is 5.09. The number of aryl methyl sites for hydroxylation is 1. The third kappa shape index (κ3) is 3.18. The zero-order valence-corrected chi connectivity index (χ0v) is 16.9. The number of pyridine rings is 1. The van der Waals surface area contributed by atoms with E-state index in [-0.39, 0.29) is 18.1 Å². The molecule has 4 heterocycles. The second-order valence-electron chi connectivity index (χ2n) is 8.06. The highest BCUT2D eigenvalue weighted by molar-refractivity contribution is 5.94. The second-order valence-corrected chi connectivity index (χ2v) is 8.06. The minimum Gasteiger partial charge on any atom is -0.478 e. The van der Waals surface area contributed by atoms with Gasteiger partial charge in [-0.15, -0.1) is 0 Å². The van der Waals surface area contributed by atoms with Gasteiger partial charge in [0, 0.05) is 30.0 Å². The van der Waals surface area contributed by atoms with Crippen molar-refractivity contribution in [3.8, 4) is 5.88 Å². The molecule has 1 aromatic heterocycles. The quantitative estimate of drug-likeness (QED) is 0.766. The van der Waals surface area contributed by atoms with Gasteiger partial charge in [0.1, 0.15) is 0 Å². The summed E-state index contributed by atoms with van der Waals surface area (Å²) in [5.41, 5.74) is 4.70. The third-order valence-corrected chi connectivity index (χ3v) is 6.36. The zero-order valence-electron chi connectivity index (χ0n) is 16.9. The number of hydrogen-bond acceptors (Lipinski definition) is 3. The highest BCUT2D eigenvalue weighted by Crippen LogP contribution is 2.41. The van der Waals surface area contributed by atoms with Crippen LogP contribution in [0.15, 0.2) is 48.7 Å². The van der Waals surface area contributed by atoms with Crippen LogP contribution in [0.1, 0.15) is 43.7 Å². The van der Waals surface area contributed by atoms with Crippen LogP contribution in [0.3, 0.4) is 0 Å². The van der Waals surface area contributed by atoms with Gasteiger partial charge < -0.3 is 9.64 Å². The van der Waals surface area contributed by atoms with Gasteiger partial charge in [0.05, 0.1) is 12.6 Å². The molecule has 2 atom stereocenters. The van der Waals surface area contributed by atoms with Crippen LogP contribution in [0.2, 0.25) is 0 Å². The largest absolute Gasteiger partial charge is 0.478 e. The van der Waals surface area contributed by atoms with Crippen molar-refractivity contribution in [2.24, 2.45) is 0 Å². The Bertz CT molecular complexity index is 955. The van der Waals surface area contributed by atoms with Crippen molar-refractivity contribution in [1.29, 1.82) is 0 Å². The molecule has 0 aliphatic carbocycles. The molecule has 2 amide bonds. The van der Waals surface area contributed by atoms with Gasteiger partial charge in [0.25, 0.3) is 0 Å². The summed E-state index contributed by atoms with van der Waals surface area (Å²) >= 11 is 0. The molecule has 29 heavy (non-hydrogen) atoms. The molecular formula is C24H27N3O2. The lowest BCUT2D eigenvalue weighted by atomic mass is 9.95. The number of benzene rings is 1. The summed E-state index contributed by atoms with van der Waals surface area (Å²) in [5, 5.41) is 0. The average molecular weight is 389 g/mol. The molecule has 3 aliphatic heterocycles. The van der Waals surface area contributed by atoms with Crippen LogP contribution >= 0.6 is 0 Å². The molecule has 1 fully saturated rings. The molecule has 2 unspecified atom stereocenters. The van der Waals surface area contributed by atoms with Gasteiger partial charge in [0.15, 0.2) is 0 Å². The van der Waals surface area contributed by atoms with E-state index >= 15 is 0 Å². The Hall–Kier alpha value is -2.82. The number of ether oxygens (including phenoxy) is 1. The van der Waals surface area contributed by atoms with Crippen LogP contribution in [0, 0.1) is 0 Å². The van der Waals surface area contributed by atoms with Gasteiger partial charge in [-0.3, -0.25) is 4.90 Å². The molecule has 5 heteroatoms. The van der Waals surface area contributed by atoms with E-state index in [9.17, 15) is 4.79 Å². The van der Waals surface area contributed by atoms with E-state index in [1.165, 1.54) is 11.1 Å². The van der Waals surface area contributed by atoms with Crippen molar-refractivity contribution in [2.75, 3.05) is 18.1 Å². The number of urea groups is 1. The zero-order chi connectivity index (χ0) is 19.8. The normalized spacial score (nSPS) is 22.9. The Morgan fingerprint density at radius 2 is 2.10 bits per heavy atom. The lowest BCUT2D eigenvalue weighted by Gasteiger charge is -2.39. The Morgan fingerprint density at radius 3 is 2.97 bits per heavy atom. The smallest absolute Gasteiger partial charge is 0.325 e. The Kier molecular flexibility index (Phi) is 4.74. The summed E-state index contributed by atoms with van der Waals surface area (Å²) in [6.45, 7) is 3.39. The standard InChI is InChI=1S/C24H27N3O2/c1-2-29-23-21(9-5-13-25-23)18-15-19-11-12-20(16-18)27(19)24(28)26-14-6-8-17-7-3-4-10-22(17)26/h3-5,7,9-10,13,15,19-20H,2,6,8,11-12,14,16H2,1H3. The lowest BCUT2D eigenvalue weighted by Crippen LogP contribution is -2.51. The fraction of sp³-hybridized carbons (Fsp3) is 0.417. The molecule has 0 saturated carbocycles. The summed E-state index contributed by atoms with van der Waals surface area (Å²) in [4.78, 5) is 22.1. The number of fused-ring (bicyclic) bond motifs is 3. The number of para-hydroxylation sites is 1. The van der Waals surface area contributed by atoms with E-state index < -0.39 is 0 Å². The van der Waals surface area contributed by atoms with Gasteiger partial charge in [-0.25, -0.2) is 9.78 Å². The molecule has 0 N–H and O–H groups in total. The molecule has 1 aromatic carbocycles. The second kappa shape index (κ2) is 7.54. The van der Waals surface area contributed by atoms with Gasteiger partial charge in [0.2, 0.25) is 5.88 Å². The number of nitrogens with zero attached hydrogens (tertiary/aromatic N) is 3. The first kappa shape index (κ1) is 18.2. The van der Waals surface area contributed by atoms with Crippen molar-refractivity contribution in [1.82, 2.24) is 9.88 Å². The van der Waals surface area contributed by atoms with Crippen LogP contribution in [0.25, 0.3) is 5.57 Å². The molecule has 2 bridgehead atoms. The predicted molar refractivity (Wildman–Crippen MR) is 114 cm³/mol. The van der Waals surface area contributed by atoms with Crippen LogP contribution in [0.4, 0.5) is 10.5 Å². The van der Waals surface area contributed by atoms with Crippen molar-refractivity contribution in [2.45, 2.75) is 51.1 Å². The minimum absolute atomic E-state index is 0.153. The topological polar surface area (TPSA) is 45.7 Å². The van der Waals surface area contributed by atoms with Crippen molar-refractivity contribution in [3.05, 3.63) is 59.8 Å². The van der Waals surface area contributed by atoms with Gasteiger partial charge in [-0.2, -0.15) is 0 Å². The van der Waals surface area contributed by atoms with Crippen molar-refractivity contribution in [3.63, 3.8) is 0 Å². The number of anilines is 1. The molecule has 150 valence electrons. The molecule has 3 aliphatic rings. The molecular weight excluding hydrogens is 362 g/mol. The summed E-state index contributed by atoms with van der Waals surface area (Å²) in [6.07, 6.45) is 9.07. The molecule has 5 nitrogen and oxygen atoms in total. The average Bonchev–Trinajstić information content (AvgIpc) is 3.03. The number of hydrogen-bond donors (Lipinski definition) is 0. The molecule has 0 radical (unpaired) electrons. The summed E-state index contributed by atoms with van der Waals surface area (Å²) in [5.74, 6) is 0.699. The monoisotopic (exact) mass is 389 g/mol. The summed E-state index contributed by atoms with van der Waals surface area (Å²) in [6, 6.07) is 12.9. The van der Waals surface area contributed by atoms with E-state index in [1.807, 2.05) is 24.0 Å². The number of carbonyl (C=O) groups is 1. The Labute approximate surface area is 172 Å². The van der Waals surface area contributed by atoms with Gasteiger partial charge >= 0.3 is 6.03 Å². The van der Waals surface area contributed by atoms with E-state index in [0.29, 0.717) is 12.5 Å². The van der Waals surface area contributed by atoms with Crippen molar-refractivity contribution >= 4 is 17.3 Å². The number of carbonyl (C=O) groups excluding carboxylic acids is 1. The van der Waals surface area contributed by atoms with Crippen molar-refractivity contribution < 1.29 is 9.53 Å². The highest BCUT2D eigenvalue weighted by Gasteiger charge is 2.42. The van der Waals surface area contributed by atoms with E-state index in [4.69, 9.17) is 4.74 Å². The fourth-order valence-corrected chi connectivity index (χ4v) is 5.09. The maximum Gasteiger partial charge on any atom is 0.325 e.